The van der Waals surface area contributed by atoms with Gasteiger partial charge in [-0.15, -0.1) is 0 Å². The fourth-order valence-corrected chi connectivity index (χ4v) is 1.47. The van der Waals surface area contributed by atoms with Crippen molar-refractivity contribution in [3.63, 3.8) is 0 Å². The van der Waals surface area contributed by atoms with Crippen molar-refractivity contribution in [3.05, 3.63) is 30.1 Å². The smallest absolute Gasteiger partial charge is 0.307 e. The number of para-hydroxylation sites is 1. The molecular formula is C14H18FNO4. The van der Waals surface area contributed by atoms with Gasteiger partial charge in [0.15, 0.2) is 11.6 Å². The molecule has 0 bridgehead atoms. The summed E-state index contributed by atoms with van der Waals surface area (Å²) in [6, 6.07) is 6.11. The minimum absolute atomic E-state index is 0.147. The zero-order chi connectivity index (χ0) is 14.8. The van der Waals surface area contributed by atoms with Crippen LogP contribution in [-0.2, 0) is 14.3 Å². The summed E-state index contributed by atoms with van der Waals surface area (Å²) in [5.74, 6) is -0.784. The predicted octanol–water partition coefficient (Wildman–Crippen LogP) is 1.66. The fraction of sp³-hybridized carbons (Fsp3) is 0.429. The summed E-state index contributed by atoms with van der Waals surface area (Å²) in [6.45, 7) is 0.505. The number of esters is 1. The Balaban J connectivity index is 2.10. The Morgan fingerprint density at radius 1 is 1.25 bits per heavy atom. The highest BCUT2D eigenvalue weighted by Crippen LogP contribution is 2.15. The van der Waals surface area contributed by atoms with Gasteiger partial charge in [0.25, 0.3) is 0 Å². The molecule has 0 radical (unpaired) electrons. The molecule has 5 nitrogen and oxygen atoms in total. The molecule has 0 fully saturated rings. The standard InChI is InChI=1S/C14H18FNO4/c1-19-14(18)8-9-16-13(17)7-4-10-20-12-6-3-2-5-11(12)15/h2-3,5-6H,4,7-10H2,1H3,(H,16,17). The summed E-state index contributed by atoms with van der Waals surface area (Å²) < 4.78 is 22.9. The van der Waals surface area contributed by atoms with Crippen LogP contribution in [0.1, 0.15) is 19.3 Å². The van der Waals surface area contributed by atoms with Gasteiger partial charge in [0, 0.05) is 13.0 Å². The molecule has 0 heterocycles. The molecule has 0 unspecified atom stereocenters. The molecule has 0 saturated carbocycles. The van der Waals surface area contributed by atoms with Gasteiger partial charge >= 0.3 is 5.97 Å². The van der Waals surface area contributed by atoms with Crippen LogP contribution >= 0.6 is 0 Å². The van der Waals surface area contributed by atoms with E-state index in [1.165, 1.54) is 19.2 Å². The topological polar surface area (TPSA) is 64.6 Å². The number of nitrogens with one attached hydrogen (secondary N) is 1. The first-order chi connectivity index (χ1) is 9.63. The molecule has 1 aromatic carbocycles. The molecule has 20 heavy (non-hydrogen) atoms. The van der Waals surface area contributed by atoms with Crippen molar-refractivity contribution >= 4 is 11.9 Å². The second kappa shape index (κ2) is 8.90. The van der Waals surface area contributed by atoms with E-state index >= 15 is 0 Å². The average molecular weight is 283 g/mol. The number of hydrogen-bond acceptors (Lipinski definition) is 4. The average Bonchev–Trinajstić information content (AvgIpc) is 2.45. The zero-order valence-electron chi connectivity index (χ0n) is 11.4. The normalized spacial score (nSPS) is 9.90. The van der Waals surface area contributed by atoms with Crippen LogP contribution in [0.3, 0.4) is 0 Å². The van der Waals surface area contributed by atoms with Gasteiger partial charge in [-0.1, -0.05) is 12.1 Å². The maximum Gasteiger partial charge on any atom is 0.307 e. The lowest BCUT2D eigenvalue weighted by Gasteiger charge is -2.07. The molecule has 0 spiro atoms. The lowest BCUT2D eigenvalue weighted by atomic mass is 10.3. The van der Waals surface area contributed by atoms with Gasteiger partial charge in [0.1, 0.15) is 0 Å². The Hall–Kier alpha value is -2.11. The summed E-state index contributed by atoms with van der Waals surface area (Å²) in [4.78, 5) is 22.2. The van der Waals surface area contributed by atoms with Crippen molar-refractivity contribution in [1.29, 1.82) is 0 Å². The van der Waals surface area contributed by atoms with Crippen molar-refractivity contribution in [3.8, 4) is 5.75 Å². The van der Waals surface area contributed by atoms with Crippen LogP contribution in [0.4, 0.5) is 4.39 Å². The van der Waals surface area contributed by atoms with E-state index in [2.05, 4.69) is 10.1 Å². The number of carbonyl (C=O) groups is 2. The number of carbonyl (C=O) groups excluding carboxylic acids is 2. The van der Waals surface area contributed by atoms with E-state index in [1.54, 1.807) is 12.1 Å². The van der Waals surface area contributed by atoms with Gasteiger partial charge in [-0.25, -0.2) is 4.39 Å². The van der Waals surface area contributed by atoms with E-state index in [9.17, 15) is 14.0 Å². The number of methoxy groups -OCH3 is 1. The molecule has 1 aromatic rings. The Kier molecular flexibility index (Phi) is 7.10. The SMILES string of the molecule is COC(=O)CCNC(=O)CCCOc1ccccc1F. The van der Waals surface area contributed by atoms with Crippen LogP contribution in [0.25, 0.3) is 0 Å². The first-order valence-electron chi connectivity index (χ1n) is 6.34. The van der Waals surface area contributed by atoms with Crippen molar-refractivity contribution in [2.75, 3.05) is 20.3 Å². The van der Waals surface area contributed by atoms with Gasteiger partial charge in [-0.3, -0.25) is 9.59 Å². The monoisotopic (exact) mass is 283 g/mol. The van der Waals surface area contributed by atoms with Crippen LogP contribution in [0.15, 0.2) is 24.3 Å². The first kappa shape index (κ1) is 15.9. The van der Waals surface area contributed by atoms with Gasteiger partial charge in [0.2, 0.25) is 5.91 Å². The Bertz CT molecular complexity index is 451. The molecule has 1 rings (SSSR count). The van der Waals surface area contributed by atoms with E-state index in [0.29, 0.717) is 6.42 Å². The number of ether oxygens (including phenoxy) is 2. The zero-order valence-corrected chi connectivity index (χ0v) is 11.4. The molecule has 0 atom stereocenters. The Labute approximate surface area is 117 Å². The van der Waals surface area contributed by atoms with Crippen molar-refractivity contribution in [2.45, 2.75) is 19.3 Å². The molecule has 0 aliphatic carbocycles. The number of amides is 1. The van der Waals surface area contributed by atoms with Crippen LogP contribution in [0.2, 0.25) is 0 Å². The van der Waals surface area contributed by atoms with Crippen molar-refractivity contribution in [2.24, 2.45) is 0 Å². The van der Waals surface area contributed by atoms with E-state index in [-0.39, 0.29) is 43.6 Å². The van der Waals surface area contributed by atoms with Crippen LogP contribution in [-0.4, -0.2) is 32.1 Å². The summed E-state index contributed by atoms with van der Waals surface area (Å²) in [5.41, 5.74) is 0. The maximum atomic E-state index is 13.2. The molecule has 6 heteroatoms. The molecule has 0 aliphatic heterocycles. The third-order valence-electron chi connectivity index (χ3n) is 2.52. The highest BCUT2D eigenvalue weighted by atomic mass is 19.1. The second-order valence-corrected chi connectivity index (χ2v) is 4.06. The summed E-state index contributed by atoms with van der Waals surface area (Å²) >= 11 is 0. The van der Waals surface area contributed by atoms with Gasteiger partial charge in [-0.2, -0.15) is 0 Å². The Morgan fingerprint density at radius 3 is 2.70 bits per heavy atom. The third kappa shape index (κ3) is 6.17. The molecule has 1 amide bonds. The minimum atomic E-state index is -0.421. The van der Waals surface area contributed by atoms with Gasteiger partial charge < -0.3 is 14.8 Å². The summed E-state index contributed by atoms with van der Waals surface area (Å²) in [5, 5.41) is 2.59. The molecule has 0 aromatic heterocycles. The number of rotatable bonds is 8. The molecule has 1 N–H and O–H groups in total. The highest BCUT2D eigenvalue weighted by Gasteiger charge is 2.05. The first-order valence-corrected chi connectivity index (χ1v) is 6.34. The van der Waals surface area contributed by atoms with Crippen molar-refractivity contribution < 1.29 is 23.5 Å². The van der Waals surface area contributed by atoms with Crippen LogP contribution in [0, 0.1) is 5.82 Å². The van der Waals surface area contributed by atoms with E-state index in [4.69, 9.17) is 4.74 Å². The summed E-state index contributed by atoms with van der Waals surface area (Å²) in [6.07, 6.45) is 0.877. The van der Waals surface area contributed by atoms with Crippen molar-refractivity contribution in [1.82, 2.24) is 5.32 Å². The number of halogens is 1. The van der Waals surface area contributed by atoms with Gasteiger partial charge in [-0.05, 0) is 18.6 Å². The van der Waals surface area contributed by atoms with E-state index in [0.717, 1.165) is 0 Å². The molecule has 0 saturated heterocycles. The summed E-state index contributed by atoms with van der Waals surface area (Å²) in [7, 11) is 1.30. The van der Waals surface area contributed by atoms with Gasteiger partial charge in [0.05, 0.1) is 20.1 Å². The van der Waals surface area contributed by atoms with Crippen LogP contribution in [0.5, 0.6) is 5.75 Å². The second-order valence-electron chi connectivity index (χ2n) is 4.06. The largest absolute Gasteiger partial charge is 0.491 e. The number of hydrogen-bond donors (Lipinski definition) is 1. The lowest BCUT2D eigenvalue weighted by Crippen LogP contribution is -2.26. The predicted molar refractivity (Wildman–Crippen MR) is 70.8 cm³/mol. The van der Waals surface area contributed by atoms with E-state index < -0.39 is 5.82 Å². The van der Waals surface area contributed by atoms with E-state index in [1.807, 2.05) is 0 Å². The lowest BCUT2D eigenvalue weighted by molar-refractivity contribution is -0.140. The highest BCUT2D eigenvalue weighted by molar-refractivity contribution is 5.76. The quantitative estimate of drug-likeness (QED) is 0.582. The minimum Gasteiger partial charge on any atom is -0.491 e. The maximum absolute atomic E-state index is 13.2. The number of benzene rings is 1. The molecule has 0 aliphatic rings. The van der Waals surface area contributed by atoms with Crippen LogP contribution < -0.4 is 10.1 Å². The third-order valence-corrected chi connectivity index (χ3v) is 2.52. The Morgan fingerprint density at radius 2 is 2.00 bits per heavy atom. The fourth-order valence-electron chi connectivity index (χ4n) is 1.47. The molecular weight excluding hydrogens is 265 g/mol. The molecule has 110 valence electrons.